The number of benzene rings is 3. The first-order valence-corrected chi connectivity index (χ1v) is 14.7. The van der Waals surface area contributed by atoms with E-state index in [1.807, 2.05) is 57.2 Å². The van der Waals surface area contributed by atoms with Gasteiger partial charge in [-0.25, -0.2) is 0 Å². The molecule has 0 aliphatic carbocycles. The molecule has 10 heteroatoms. The minimum atomic E-state index is -0.482. The molecule has 2 amide bonds. The quantitative estimate of drug-likeness (QED) is 0.116. The molecule has 5 rings (SSSR count). The Bertz CT molecular complexity index is 1730. The van der Waals surface area contributed by atoms with Crippen LogP contribution < -0.4 is 9.64 Å². The van der Waals surface area contributed by atoms with Crippen molar-refractivity contribution in [3.05, 3.63) is 116 Å². The molecule has 1 aliphatic rings. The first-order chi connectivity index (χ1) is 20.1. The van der Waals surface area contributed by atoms with Gasteiger partial charge in [-0.05, 0) is 111 Å². The van der Waals surface area contributed by atoms with E-state index in [0.717, 1.165) is 28.2 Å². The van der Waals surface area contributed by atoms with Crippen molar-refractivity contribution in [3.8, 4) is 11.4 Å². The standard InChI is InChI=1S/C32H26Cl3N3O3S/c1-4-36-30(39)28(31(40)38(32(36)42)26-9-7-23(33)8-10-26)16-22-15-19(2)37(20(22)3)25-11-13-27(14-12-25)41-18-21-5-6-24(34)17-29(21)35/h5-17H,4,18H2,1-3H3/b28-16+. The van der Waals surface area contributed by atoms with Crippen molar-refractivity contribution >= 4 is 75.7 Å². The fraction of sp³-hybridized carbons (Fsp3) is 0.156. The van der Waals surface area contributed by atoms with Crippen molar-refractivity contribution in [2.45, 2.75) is 27.4 Å². The molecule has 2 heterocycles. The molecule has 0 saturated carbocycles. The van der Waals surface area contributed by atoms with Crippen molar-refractivity contribution in [3.63, 3.8) is 0 Å². The number of ether oxygens (including phenoxy) is 1. The number of halogens is 3. The molecule has 4 aromatic rings. The molecule has 42 heavy (non-hydrogen) atoms. The summed E-state index contributed by atoms with van der Waals surface area (Å²) in [5.74, 6) is -0.222. The lowest BCUT2D eigenvalue weighted by Crippen LogP contribution is -2.56. The van der Waals surface area contributed by atoms with Crippen molar-refractivity contribution in [1.82, 2.24) is 9.47 Å². The number of carbonyl (C=O) groups is 2. The summed E-state index contributed by atoms with van der Waals surface area (Å²) >= 11 is 23.8. The minimum absolute atomic E-state index is 0.0326. The van der Waals surface area contributed by atoms with Crippen LogP contribution >= 0.6 is 47.0 Å². The van der Waals surface area contributed by atoms with Gasteiger partial charge in [0, 0.05) is 44.3 Å². The first kappa shape index (κ1) is 29.9. The van der Waals surface area contributed by atoms with Crippen LogP contribution in [0.5, 0.6) is 5.75 Å². The van der Waals surface area contributed by atoms with Gasteiger partial charge in [-0.3, -0.25) is 19.4 Å². The molecule has 6 nitrogen and oxygen atoms in total. The highest BCUT2D eigenvalue weighted by Crippen LogP contribution is 2.30. The summed E-state index contributed by atoms with van der Waals surface area (Å²) in [4.78, 5) is 29.9. The number of aryl methyl sites for hydroxylation is 1. The molecule has 3 aromatic carbocycles. The van der Waals surface area contributed by atoms with Gasteiger partial charge in [-0.2, -0.15) is 0 Å². The van der Waals surface area contributed by atoms with E-state index >= 15 is 0 Å². The van der Waals surface area contributed by atoms with E-state index < -0.39 is 11.8 Å². The first-order valence-electron chi connectivity index (χ1n) is 13.1. The Labute approximate surface area is 264 Å². The Morgan fingerprint density at radius 3 is 2.12 bits per heavy atom. The van der Waals surface area contributed by atoms with Crippen LogP contribution in [0.3, 0.4) is 0 Å². The summed E-state index contributed by atoms with van der Waals surface area (Å²) in [7, 11) is 0. The zero-order valence-corrected chi connectivity index (χ0v) is 26.1. The Balaban J connectivity index is 1.42. The number of carbonyl (C=O) groups excluding carboxylic acids is 2. The number of anilines is 1. The van der Waals surface area contributed by atoms with Crippen molar-refractivity contribution in [1.29, 1.82) is 0 Å². The zero-order valence-electron chi connectivity index (χ0n) is 23.0. The highest BCUT2D eigenvalue weighted by atomic mass is 35.5. The fourth-order valence-corrected chi connectivity index (χ4v) is 5.84. The van der Waals surface area contributed by atoms with E-state index in [-0.39, 0.29) is 10.7 Å². The molecule has 0 atom stereocenters. The van der Waals surface area contributed by atoms with E-state index in [4.69, 9.17) is 51.8 Å². The van der Waals surface area contributed by atoms with Crippen LogP contribution in [0.4, 0.5) is 5.69 Å². The average molecular weight is 639 g/mol. The average Bonchev–Trinajstić information content (AvgIpc) is 3.24. The predicted molar refractivity (Wildman–Crippen MR) is 173 cm³/mol. The third-order valence-electron chi connectivity index (χ3n) is 7.01. The Morgan fingerprint density at radius 1 is 0.833 bits per heavy atom. The Morgan fingerprint density at radius 2 is 1.48 bits per heavy atom. The molecule has 0 spiro atoms. The van der Waals surface area contributed by atoms with Gasteiger partial charge in [0.05, 0.1) is 5.69 Å². The summed E-state index contributed by atoms with van der Waals surface area (Å²) in [6, 6.07) is 21.7. The van der Waals surface area contributed by atoms with Crippen molar-refractivity contribution < 1.29 is 14.3 Å². The third-order valence-corrected chi connectivity index (χ3v) is 8.25. The summed E-state index contributed by atoms with van der Waals surface area (Å²) in [6.45, 7) is 6.37. The summed E-state index contributed by atoms with van der Waals surface area (Å²) in [6.07, 6.45) is 1.64. The minimum Gasteiger partial charge on any atom is -0.489 e. The van der Waals surface area contributed by atoms with Crippen LogP contribution in [0.15, 0.2) is 78.4 Å². The maximum absolute atomic E-state index is 13.7. The van der Waals surface area contributed by atoms with Crippen LogP contribution in [0, 0.1) is 13.8 Å². The van der Waals surface area contributed by atoms with Gasteiger partial charge < -0.3 is 9.30 Å². The summed E-state index contributed by atoms with van der Waals surface area (Å²) in [5, 5.41) is 1.79. The van der Waals surface area contributed by atoms with Gasteiger partial charge in [-0.1, -0.05) is 40.9 Å². The Kier molecular flexibility index (Phi) is 8.76. The van der Waals surface area contributed by atoms with Gasteiger partial charge in [0.2, 0.25) is 0 Å². The van der Waals surface area contributed by atoms with Crippen LogP contribution in [-0.4, -0.2) is 32.9 Å². The lowest BCUT2D eigenvalue weighted by Gasteiger charge is -2.36. The van der Waals surface area contributed by atoms with Gasteiger partial charge in [0.15, 0.2) is 5.11 Å². The number of hydrogen-bond acceptors (Lipinski definition) is 4. The molecule has 0 N–H and O–H groups in total. The van der Waals surface area contributed by atoms with E-state index in [9.17, 15) is 9.59 Å². The molecule has 0 radical (unpaired) electrons. The van der Waals surface area contributed by atoms with Gasteiger partial charge >= 0.3 is 0 Å². The predicted octanol–water partition coefficient (Wildman–Crippen LogP) is 8.20. The molecule has 0 unspecified atom stereocenters. The van der Waals surface area contributed by atoms with Crippen LogP contribution in [0.25, 0.3) is 11.8 Å². The molecular formula is C32H26Cl3N3O3S. The second-order valence-electron chi connectivity index (χ2n) is 9.69. The van der Waals surface area contributed by atoms with E-state index in [1.54, 1.807) is 42.5 Å². The van der Waals surface area contributed by atoms with Crippen LogP contribution in [0.2, 0.25) is 15.1 Å². The number of nitrogens with zero attached hydrogens (tertiary/aromatic N) is 3. The summed E-state index contributed by atoms with van der Waals surface area (Å²) < 4.78 is 7.99. The topological polar surface area (TPSA) is 54.8 Å². The molecule has 1 fully saturated rings. The van der Waals surface area contributed by atoms with E-state index in [0.29, 0.717) is 39.7 Å². The summed E-state index contributed by atoms with van der Waals surface area (Å²) in [5.41, 5.74) is 4.88. The van der Waals surface area contributed by atoms with Crippen molar-refractivity contribution in [2.75, 3.05) is 11.4 Å². The molecule has 1 aliphatic heterocycles. The van der Waals surface area contributed by atoms with Crippen LogP contribution in [-0.2, 0) is 16.2 Å². The normalized spacial score (nSPS) is 14.7. The van der Waals surface area contributed by atoms with Crippen molar-refractivity contribution in [2.24, 2.45) is 0 Å². The van der Waals surface area contributed by atoms with Crippen LogP contribution in [0.1, 0.15) is 29.4 Å². The smallest absolute Gasteiger partial charge is 0.270 e. The highest BCUT2D eigenvalue weighted by molar-refractivity contribution is 7.80. The maximum atomic E-state index is 13.7. The molecule has 0 bridgehead atoms. The maximum Gasteiger partial charge on any atom is 0.270 e. The highest BCUT2D eigenvalue weighted by Gasteiger charge is 2.39. The second kappa shape index (κ2) is 12.3. The largest absolute Gasteiger partial charge is 0.489 e. The molecular weight excluding hydrogens is 613 g/mol. The van der Waals surface area contributed by atoms with Gasteiger partial charge in [0.1, 0.15) is 17.9 Å². The number of hydrogen-bond donors (Lipinski definition) is 0. The van der Waals surface area contributed by atoms with Gasteiger partial charge in [-0.15, -0.1) is 0 Å². The number of thiocarbonyl (C=S) groups is 1. The SMILES string of the molecule is CCN1C(=O)/C(=C\c2cc(C)n(-c3ccc(OCc4ccc(Cl)cc4Cl)cc3)c2C)C(=O)N(c2ccc(Cl)cc2)C1=S. The zero-order chi connectivity index (χ0) is 30.1. The lowest BCUT2D eigenvalue weighted by atomic mass is 10.1. The molecule has 214 valence electrons. The molecule has 1 aromatic heterocycles. The second-order valence-corrected chi connectivity index (χ2v) is 11.3. The van der Waals surface area contributed by atoms with Gasteiger partial charge in [0.25, 0.3) is 11.8 Å². The molecule has 1 saturated heterocycles. The van der Waals surface area contributed by atoms with E-state index in [2.05, 4.69) is 4.57 Å². The number of amides is 2. The fourth-order valence-electron chi connectivity index (χ4n) is 4.85. The number of rotatable bonds is 7. The lowest BCUT2D eigenvalue weighted by molar-refractivity contribution is -0.127. The third kappa shape index (κ3) is 5.83. The monoisotopic (exact) mass is 637 g/mol. The Hall–Kier alpha value is -3.62. The number of likely N-dealkylation sites (N-methyl/N-ethyl adjacent to an activating group) is 1. The van der Waals surface area contributed by atoms with E-state index in [1.165, 1.54) is 9.80 Å². The number of aromatic nitrogens is 1.